The Bertz CT molecular complexity index is 852. The molecule has 2 bridgehead atoms. The number of hydrogen-bond donors (Lipinski definition) is 2. The van der Waals surface area contributed by atoms with E-state index in [0.29, 0.717) is 31.3 Å². The Morgan fingerprint density at radius 2 is 2.07 bits per heavy atom. The lowest BCUT2D eigenvalue weighted by Crippen LogP contribution is -2.76. The lowest BCUT2D eigenvalue weighted by atomic mass is 9.41. The first-order valence-electron chi connectivity index (χ1n) is 10.6. The molecule has 3 saturated carbocycles. The Hall–Kier alpha value is -1.77. The van der Waals surface area contributed by atoms with Gasteiger partial charge in [-0.05, 0) is 37.2 Å². The van der Waals surface area contributed by atoms with E-state index < -0.39 is 58.5 Å². The molecular formula is C22H28O8. The van der Waals surface area contributed by atoms with Crippen LogP contribution in [-0.2, 0) is 28.6 Å². The van der Waals surface area contributed by atoms with Crippen molar-refractivity contribution >= 4 is 17.7 Å². The summed E-state index contributed by atoms with van der Waals surface area (Å²) in [4.78, 5) is 38.1. The SMILES string of the molecule is C=C1C(=O)[C@@]23C[C@H]1C[C@H]1O[C@H](O)[C@@H]4[C@](C)(COC(C)=O)CC[C@@H](OC2=O)[C@@]4(CO)[C@H]13. The topological polar surface area (TPSA) is 119 Å². The highest BCUT2D eigenvalue weighted by Gasteiger charge is 2.80. The number of hydrogen-bond acceptors (Lipinski definition) is 8. The quantitative estimate of drug-likeness (QED) is 0.390. The molecule has 1 spiro atoms. The second-order valence-corrected chi connectivity index (χ2v) is 10.1. The van der Waals surface area contributed by atoms with Gasteiger partial charge >= 0.3 is 11.9 Å². The van der Waals surface area contributed by atoms with Crippen molar-refractivity contribution < 1.29 is 38.8 Å². The molecule has 30 heavy (non-hydrogen) atoms. The number of ether oxygens (including phenoxy) is 3. The van der Waals surface area contributed by atoms with Gasteiger partial charge in [0.05, 0.1) is 19.3 Å². The number of carbonyl (C=O) groups is 3. The van der Waals surface area contributed by atoms with Crippen molar-refractivity contribution in [3.05, 3.63) is 12.2 Å². The number of carbonyl (C=O) groups excluding carboxylic acids is 3. The van der Waals surface area contributed by atoms with Gasteiger partial charge in [-0.15, -0.1) is 0 Å². The maximum absolute atomic E-state index is 13.4. The van der Waals surface area contributed by atoms with Crippen LogP contribution in [-0.4, -0.2) is 59.6 Å². The highest BCUT2D eigenvalue weighted by molar-refractivity contribution is 6.15. The van der Waals surface area contributed by atoms with Gasteiger partial charge in [0.15, 0.2) is 12.1 Å². The minimum Gasteiger partial charge on any atom is -0.465 e. The summed E-state index contributed by atoms with van der Waals surface area (Å²) in [5.74, 6) is -2.79. The molecule has 0 unspecified atom stereocenters. The van der Waals surface area contributed by atoms with Gasteiger partial charge in [-0.1, -0.05) is 13.5 Å². The molecule has 0 amide bonds. The van der Waals surface area contributed by atoms with Crippen LogP contribution in [0.3, 0.4) is 0 Å². The van der Waals surface area contributed by atoms with E-state index in [1.807, 2.05) is 6.92 Å². The fraction of sp³-hybridized carbons (Fsp3) is 0.773. The van der Waals surface area contributed by atoms with Crippen LogP contribution in [0.4, 0.5) is 0 Å². The molecule has 0 radical (unpaired) electrons. The van der Waals surface area contributed by atoms with E-state index in [1.54, 1.807) is 0 Å². The van der Waals surface area contributed by atoms with E-state index in [4.69, 9.17) is 14.2 Å². The summed E-state index contributed by atoms with van der Waals surface area (Å²) in [6.45, 7) is 6.83. The number of fused-ring (bicyclic) bond motifs is 1. The third-order valence-corrected chi connectivity index (χ3v) is 8.76. The molecule has 5 fully saturated rings. The van der Waals surface area contributed by atoms with E-state index in [0.717, 1.165) is 0 Å². The Kier molecular flexibility index (Phi) is 4.13. The van der Waals surface area contributed by atoms with Crippen LogP contribution in [0.1, 0.15) is 39.5 Å². The van der Waals surface area contributed by atoms with Gasteiger partial charge in [-0.3, -0.25) is 14.4 Å². The van der Waals surface area contributed by atoms with Crippen LogP contribution in [0, 0.1) is 34.0 Å². The minimum atomic E-state index is -1.43. The number of allylic oxidation sites excluding steroid dienone is 1. The number of aliphatic hydroxyl groups excluding tert-OH is 2. The summed E-state index contributed by atoms with van der Waals surface area (Å²) < 4.78 is 17.3. The third-order valence-electron chi connectivity index (χ3n) is 8.76. The molecular weight excluding hydrogens is 392 g/mol. The van der Waals surface area contributed by atoms with E-state index in [2.05, 4.69) is 6.58 Å². The molecule has 5 rings (SSSR count). The summed E-state index contributed by atoms with van der Waals surface area (Å²) in [5.41, 5.74) is -2.80. The van der Waals surface area contributed by atoms with Crippen LogP contribution >= 0.6 is 0 Å². The largest absolute Gasteiger partial charge is 0.465 e. The van der Waals surface area contributed by atoms with Gasteiger partial charge < -0.3 is 24.4 Å². The summed E-state index contributed by atoms with van der Waals surface area (Å²) in [7, 11) is 0. The number of Topliss-reactive ketones (excluding diaryl/α,β-unsaturated/α-hetero) is 1. The molecule has 0 aromatic rings. The average Bonchev–Trinajstić information content (AvgIpc) is 2.89. The van der Waals surface area contributed by atoms with Crippen molar-refractivity contribution in [2.45, 2.75) is 58.0 Å². The summed E-state index contributed by atoms with van der Waals surface area (Å²) >= 11 is 0. The molecule has 164 valence electrons. The molecule has 3 aliphatic carbocycles. The second kappa shape index (κ2) is 6.14. The summed E-state index contributed by atoms with van der Waals surface area (Å²) in [6, 6.07) is 0. The Labute approximate surface area is 174 Å². The van der Waals surface area contributed by atoms with Crippen molar-refractivity contribution in [3.8, 4) is 0 Å². The van der Waals surface area contributed by atoms with Crippen LogP contribution < -0.4 is 0 Å². The molecule has 2 N–H and O–H groups in total. The standard InChI is InChI=1S/C22H28O8/c1-10-12-6-13-15-21(7-12,17(10)25)19(27)30-14-4-5-20(3,9-28-11(2)24)16(18(26)29-13)22(14,15)8-23/h12-16,18,23,26H,1,4-9H2,2-3H3/t12-,13-,14-,15-,16-,18+,20+,21+,22+/m1/s1. The zero-order valence-electron chi connectivity index (χ0n) is 17.3. The van der Waals surface area contributed by atoms with Gasteiger partial charge in [0.1, 0.15) is 11.5 Å². The van der Waals surface area contributed by atoms with Gasteiger partial charge in [0.25, 0.3) is 0 Å². The molecule has 2 saturated heterocycles. The van der Waals surface area contributed by atoms with Gasteiger partial charge in [0, 0.05) is 29.6 Å². The highest BCUT2D eigenvalue weighted by Crippen LogP contribution is 2.71. The molecule has 0 aromatic heterocycles. The first kappa shape index (κ1) is 20.2. The highest BCUT2D eigenvalue weighted by atomic mass is 16.6. The van der Waals surface area contributed by atoms with Crippen molar-refractivity contribution in [2.24, 2.45) is 34.0 Å². The smallest absolute Gasteiger partial charge is 0.320 e. The maximum Gasteiger partial charge on any atom is 0.320 e. The molecule has 8 heteroatoms. The normalized spacial score (nSPS) is 51.3. The fourth-order valence-corrected chi connectivity index (χ4v) is 7.67. The first-order chi connectivity index (χ1) is 14.1. The van der Waals surface area contributed by atoms with E-state index in [-0.39, 0.29) is 24.9 Å². The van der Waals surface area contributed by atoms with Crippen molar-refractivity contribution in [2.75, 3.05) is 13.2 Å². The molecule has 2 aliphatic heterocycles. The van der Waals surface area contributed by atoms with E-state index in [1.165, 1.54) is 6.92 Å². The predicted molar refractivity (Wildman–Crippen MR) is 101 cm³/mol. The number of esters is 2. The average molecular weight is 420 g/mol. The van der Waals surface area contributed by atoms with Crippen LogP contribution in [0.25, 0.3) is 0 Å². The van der Waals surface area contributed by atoms with Crippen LogP contribution in [0.5, 0.6) is 0 Å². The monoisotopic (exact) mass is 420 g/mol. The van der Waals surface area contributed by atoms with Gasteiger partial charge in [-0.2, -0.15) is 0 Å². The number of rotatable bonds is 3. The van der Waals surface area contributed by atoms with E-state index >= 15 is 0 Å². The van der Waals surface area contributed by atoms with Gasteiger partial charge in [-0.25, -0.2) is 0 Å². The zero-order valence-corrected chi connectivity index (χ0v) is 17.3. The summed E-state index contributed by atoms with van der Waals surface area (Å²) in [6.07, 6.45) is -0.687. The van der Waals surface area contributed by atoms with Crippen molar-refractivity contribution in [1.82, 2.24) is 0 Å². The maximum atomic E-state index is 13.4. The Morgan fingerprint density at radius 3 is 2.73 bits per heavy atom. The molecule has 9 atom stereocenters. The van der Waals surface area contributed by atoms with Crippen molar-refractivity contribution in [3.63, 3.8) is 0 Å². The zero-order chi connectivity index (χ0) is 21.6. The van der Waals surface area contributed by atoms with Crippen LogP contribution in [0.15, 0.2) is 12.2 Å². The first-order valence-corrected chi connectivity index (χ1v) is 10.6. The number of aliphatic hydroxyl groups is 2. The predicted octanol–water partition coefficient (Wildman–Crippen LogP) is 0.739. The van der Waals surface area contributed by atoms with Crippen LogP contribution in [0.2, 0.25) is 0 Å². The lowest BCUT2D eigenvalue weighted by molar-refractivity contribution is -0.362. The number of ketones is 1. The fourth-order valence-electron chi connectivity index (χ4n) is 7.67. The summed E-state index contributed by atoms with van der Waals surface area (Å²) in [5, 5.41) is 22.0. The molecule has 5 aliphatic rings. The molecule has 2 heterocycles. The Balaban J connectivity index is 1.69. The minimum absolute atomic E-state index is 0.0451. The van der Waals surface area contributed by atoms with Gasteiger partial charge in [0.2, 0.25) is 0 Å². The van der Waals surface area contributed by atoms with Crippen molar-refractivity contribution in [1.29, 1.82) is 0 Å². The third kappa shape index (κ3) is 2.14. The Morgan fingerprint density at radius 1 is 1.33 bits per heavy atom. The molecule has 0 aromatic carbocycles. The lowest BCUT2D eigenvalue weighted by Gasteiger charge is -2.68. The molecule has 8 nitrogen and oxygen atoms in total. The van der Waals surface area contributed by atoms with E-state index in [9.17, 15) is 24.6 Å². The second-order valence-electron chi connectivity index (χ2n) is 10.1.